The Morgan fingerprint density at radius 2 is 1.81 bits per heavy atom. The van der Waals surface area contributed by atoms with Crippen LogP contribution >= 0.6 is 0 Å². The van der Waals surface area contributed by atoms with Gasteiger partial charge in [0.25, 0.3) is 0 Å². The van der Waals surface area contributed by atoms with Crippen molar-refractivity contribution in [3.8, 4) is 0 Å². The van der Waals surface area contributed by atoms with Gasteiger partial charge in [0, 0.05) is 6.42 Å². The summed E-state index contributed by atoms with van der Waals surface area (Å²) in [6.45, 7) is 6.04. The lowest BCUT2D eigenvalue weighted by molar-refractivity contribution is 0.425. The highest BCUT2D eigenvalue weighted by atomic mass is 16.4. The highest BCUT2D eigenvalue weighted by molar-refractivity contribution is 4.81. The van der Waals surface area contributed by atoms with E-state index in [-0.39, 0.29) is 0 Å². The lowest BCUT2D eigenvalue weighted by Gasteiger charge is -1.97. The fraction of sp³-hybridized carbons (Fsp3) is 0.833. The molecule has 1 N–H and O–H groups in total. The molecule has 1 heterocycles. The van der Waals surface area contributed by atoms with Crippen molar-refractivity contribution >= 4 is 0 Å². The van der Waals surface area contributed by atoms with E-state index in [0.717, 1.165) is 31.7 Å². The van der Waals surface area contributed by atoms with E-state index in [0.29, 0.717) is 12.4 Å². The molecule has 0 amide bonds. The van der Waals surface area contributed by atoms with Gasteiger partial charge in [0.05, 0.1) is 6.54 Å². The van der Waals surface area contributed by atoms with Gasteiger partial charge >= 0.3 is 0 Å². The molecule has 0 saturated heterocycles. The van der Waals surface area contributed by atoms with E-state index in [9.17, 15) is 0 Å². The van der Waals surface area contributed by atoms with Crippen molar-refractivity contribution in [1.82, 2.24) is 15.5 Å². The third kappa shape index (κ3) is 5.26. The second kappa shape index (κ2) is 8.28. The first-order valence-electron chi connectivity index (χ1n) is 6.38. The zero-order valence-electron chi connectivity index (χ0n) is 10.5. The number of rotatable bonds is 9. The zero-order chi connectivity index (χ0) is 11.6. The molecule has 0 aliphatic rings. The summed E-state index contributed by atoms with van der Waals surface area (Å²) in [5.74, 6) is 1.49. The van der Waals surface area contributed by atoms with E-state index in [4.69, 9.17) is 4.42 Å². The normalized spacial score (nSPS) is 10.9. The summed E-state index contributed by atoms with van der Waals surface area (Å²) in [6, 6.07) is 0. The molecule has 4 heteroatoms. The maximum Gasteiger partial charge on any atom is 0.230 e. The third-order valence-corrected chi connectivity index (χ3v) is 2.46. The summed E-state index contributed by atoms with van der Waals surface area (Å²) in [4.78, 5) is 0. The van der Waals surface area contributed by atoms with Crippen molar-refractivity contribution in [2.45, 2.75) is 58.9 Å². The molecule has 0 aromatic carbocycles. The smallest absolute Gasteiger partial charge is 0.230 e. The molecule has 0 atom stereocenters. The predicted molar refractivity (Wildman–Crippen MR) is 64.1 cm³/mol. The van der Waals surface area contributed by atoms with Crippen LogP contribution in [0.2, 0.25) is 0 Å². The van der Waals surface area contributed by atoms with Crippen LogP contribution in [-0.4, -0.2) is 16.7 Å². The molecule has 1 aromatic heterocycles. The van der Waals surface area contributed by atoms with Gasteiger partial charge in [-0.25, -0.2) is 0 Å². The second-order valence-electron chi connectivity index (χ2n) is 4.08. The lowest BCUT2D eigenvalue weighted by atomic mass is 10.1. The van der Waals surface area contributed by atoms with E-state index in [1.54, 1.807) is 0 Å². The number of hydrogen-bond donors (Lipinski definition) is 1. The third-order valence-electron chi connectivity index (χ3n) is 2.46. The average molecular weight is 225 g/mol. The maximum atomic E-state index is 5.53. The van der Waals surface area contributed by atoms with Crippen LogP contribution in [0.3, 0.4) is 0 Å². The fourth-order valence-electron chi connectivity index (χ4n) is 1.54. The van der Waals surface area contributed by atoms with Crippen LogP contribution in [0, 0.1) is 0 Å². The molecule has 0 aliphatic carbocycles. The first kappa shape index (κ1) is 13.2. The fourth-order valence-corrected chi connectivity index (χ4v) is 1.54. The second-order valence-corrected chi connectivity index (χ2v) is 4.08. The zero-order valence-corrected chi connectivity index (χ0v) is 10.5. The molecule has 1 aromatic rings. The van der Waals surface area contributed by atoms with Gasteiger partial charge in [-0.3, -0.25) is 0 Å². The highest BCUT2D eigenvalue weighted by Crippen LogP contribution is 2.06. The number of nitrogens with zero attached hydrogens (tertiary/aromatic N) is 2. The number of unbranched alkanes of at least 4 members (excludes halogenated alkanes) is 3. The number of aromatic nitrogens is 2. The van der Waals surface area contributed by atoms with Crippen molar-refractivity contribution in [3.63, 3.8) is 0 Å². The quantitative estimate of drug-likeness (QED) is 0.656. The Morgan fingerprint density at radius 3 is 2.56 bits per heavy atom. The molecule has 1 rings (SSSR count). The maximum absolute atomic E-state index is 5.53. The summed E-state index contributed by atoms with van der Waals surface area (Å²) in [6.07, 6.45) is 6.99. The van der Waals surface area contributed by atoms with Crippen molar-refractivity contribution < 1.29 is 4.42 Å². The van der Waals surface area contributed by atoms with Crippen LogP contribution < -0.4 is 5.32 Å². The van der Waals surface area contributed by atoms with E-state index in [1.165, 1.54) is 19.3 Å². The number of nitrogens with one attached hydrogen (secondary N) is 1. The summed E-state index contributed by atoms with van der Waals surface area (Å²) >= 11 is 0. The van der Waals surface area contributed by atoms with Gasteiger partial charge in [0.2, 0.25) is 11.8 Å². The topological polar surface area (TPSA) is 51.0 Å². The largest absolute Gasteiger partial charge is 0.424 e. The Labute approximate surface area is 97.8 Å². The predicted octanol–water partition coefficient (Wildman–Crippen LogP) is 2.69. The first-order valence-corrected chi connectivity index (χ1v) is 6.38. The Morgan fingerprint density at radius 1 is 1.00 bits per heavy atom. The monoisotopic (exact) mass is 225 g/mol. The summed E-state index contributed by atoms with van der Waals surface area (Å²) in [5.41, 5.74) is 0. The molecule has 4 nitrogen and oxygen atoms in total. The van der Waals surface area contributed by atoms with E-state index in [1.807, 2.05) is 0 Å². The lowest BCUT2D eigenvalue weighted by Crippen LogP contribution is -2.13. The van der Waals surface area contributed by atoms with Crippen molar-refractivity contribution in [2.75, 3.05) is 6.54 Å². The molecular formula is C12H23N3O. The van der Waals surface area contributed by atoms with E-state index >= 15 is 0 Å². The summed E-state index contributed by atoms with van der Waals surface area (Å²) in [7, 11) is 0. The Hall–Kier alpha value is -0.900. The van der Waals surface area contributed by atoms with Crippen molar-refractivity contribution in [1.29, 1.82) is 0 Å². The molecule has 16 heavy (non-hydrogen) atoms. The van der Waals surface area contributed by atoms with Gasteiger partial charge < -0.3 is 9.73 Å². The van der Waals surface area contributed by atoms with Crippen LogP contribution in [-0.2, 0) is 13.0 Å². The van der Waals surface area contributed by atoms with Crippen LogP contribution in [0.25, 0.3) is 0 Å². The average Bonchev–Trinajstić information content (AvgIpc) is 2.73. The van der Waals surface area contributed by atoms with Crippen LogP contribution in [0.1, 0.15) is 57.7 Å². The number of hydrogen-bond acceptors (Lipinski definition) is 4. The molecule has 0 aliphatic heterocycles. The minimum atomic E-state index is 0.690. The van der Waals surface area contributed by atoms with Crippen LogP contribution in [0.4, 0.5) is 0 Å². The molecule has 0 saturated carbocycles. The standard InChI is InChI=1S/C12H23N3O/c1-3-5-6-7-8-11-14-15-12(16-11)10-13-9-4-2/h13H,3-10H2,1-2H3. The summed E-state index contributed by atoms with van der Waals surface area (Å²) in [5, 5.41) is 11.3. The van der Waals surface area contributed by atoms with Crippen LogP contribution in [0.5, 0.6) is 0 Å². The Kier molecular flexibility index (Phi) is 6.81. The van der Waals surface area contributed by atoms with Gasteiger partial charge in [0.15, 0.2) is 0 Å². The summed E-state index contributed by atoms with van der Waals surface area (Å²) < 4.78 is 5.53. The molecule has 0 radical (unpaired) electrons. The molecular weight excluding hydrogens is 202 g/mol. The van der Waals surface area contributed by atoms with Crippen molar-refractivity contribution in [3.05, 3.63) is 11.8 Å². The van der Waals surface area contributed by atoms with Gasteiger partial charge in [-0.2, -0.15) is 0 Å². The minimum absolute atomic E-state index is 0.690. The molecule has 0 fully saturated rings. The minimum Gasteiger partial charge on any atom is -0.424 e. The van der Waals surface area contributed by atoms with E-state index in [2.05, 4.69) is 29.4 Å². The van der Waals surface area contributed by atoms with Gasteiger partial charge in [0.1, 0.15) is 0 Å². The van der Waals surface area contributed by atoms with Gasteiger partial charge in [-0.05, 0) is 19.4 Å². The molecule has 0 unspecified atom stereocenters. The highest BCUT2D eigenvalue weighted by Gasteiger charge is 2.04. The van der Waals surface area contributed by atoms with Crippen LogP contribution in [0.15, 0.2) is 4.42 Å². The SMILES string of the molecule is CCCCCCc1nnc(CNCCC)o1. The van der Waals surface area contributed by atoms with Gasteiger partial charge in [-0.1, -0.05) is 33.1 Å². The Bertz CT molecular complexity index is 273. The number of aryl methyl sites for hydroxylation is 1. The molecule has 0 spiro atoms. The first-order chi connectivity index (χ1) is 7.86. The van der Waals surface area contributed by atoms with E-state index < -0.39 is 0 Å². The Balaban J connectivity index is 2.17. The van der Waals surface area contributed by atoms with Crippen molar-refractivity contribution in [2.24, 2.45) is 0 Å². The molecule has 92 valence electrons. The van der Waals surface area contributed by atoms with Gasteiger partial charge in [-0.15, -0.1) is 10.2 Å². The molecule has 0 bridgehead atoms.